The molecule has 0 bridgehead atoms. The van der Waals surface area contributed by atoms with Crippen LogP contribution in [0.5, 0.6) is 0 Å². The Balaban J connectivity index is 0. The van der Waals surface area contributed by atoms with Crippen LogP contribution in [-0.2, 0) is 9.59 Å². The van der Waals surface area contributed by atoms with Gasteiger partial charge in [-0.05, 0) is 13.8 Å². The van der Waals surface area contributed by atoms with Crippen LogP contribution in [0.15, 0.2) is 0 Å². The molecule has 0 radical (unpaired) electrons. The molecule has 6 heteroatoms. The summed E-state index contributed by atoms with van der Waals surface area (Å²) in [6.45, 7) is 2.08. The van der Waals surface area contributed by atoms with Crippen LogP contribution in [-0.4, -0.2) is 44.5 Å². The van der Waals surface area contributed by atoms with Crippen molar-refractivity contribution in [2.45, 2.75) is 26.0 Å². The van der Waals surface area contributed by atoms with Crippen LogP contribution in [0.3, 0.4) is 0 Å². The first kappa shape index (κ1) is 10.9. The molecule has 72 valence electrons. The summed E-state index contributed by atoms with van der Waals surface area (Å²) >= 11 is 0. The Morgan fingerprint density at radius 1 is 1.17 bits per heavy atom. The van der Waals surface area contributed by atoms with E-state index < -0.39 is 24.1 Å². The van der Waals surface area contributed by atoms with Crippen molar-refractivity contribution in [1.82, 2.24) is 0 Å². The maximum absolute atomic E-state index is 9.58. The SMILES string of the molecule is CC(O)C(=O)O.[2H]C(C)(O)C(=O)O. The monoisotopic (exact) mass is 181 g/mol. The number of hydrogen-bond acceptors (Lipinski definition) is 4. The minimum atomic E-state index is -2.33. The second kappa shape index (κ2) is 6.56. The van der Waals surface area contributed by atoms with Crippen LogP contribution >= 0.6 is 0 Å². The van der Waals surface area contributed by atoms with Gasteiger partial charge in [0.05, 0.1) is 1.37 Å². The van der Waals surface area contributed by atoms with Gasteiger partial charge in [0.2, 0.25) is 0 Å². The van der Waals surface area contributed by atoms with Gasteiger partial charge < -0.3 is 20.4 Å². The van der Waals surface area contributed by atoms with Crippen molar-refractivity contribution < 1.29 is 31.4 Å². The van der Waals surface area contributed by atoms with Crippen molar-refractivity contribution in [2.75, 3.05) is 0 Å². The summed E-state index contributed by atoms with van der Waals surface area (Å²) in [4.78, 5) is 19.0. The molecular weight excluding hydrogens is 168 g/mol. The Bertz CT molecular complexity index is 182. The van der Waals surface area contributed by atoms with E-state index in [9.17, 15) is 9.59 Å². The zero-order chi connectivity index (χ0) is 11.2. The first-order valence-corrected chi connectivity index (χ1v) is 2.95. The predicted octanol–water partition coefficient (Wildman–Crippen LogP) is -1.10. The summed E-state index contributed by atoms with van der Waals surface area (Å²) in [5.41, 5.74) is 0. The van der Waals surface area contributed by atoms with Crippen LogP contribution in [0.25, 0.3) is 0 Å². The van der Waals surface area contributed by atoms with Gasteiger partial charge in [-0.15, -0.1) is 0 Å². The fourth-order valence-electron chi connectivity index (χ4n) is 0. The molecule has 6 nitrogen and oxygen atoms in total. The van der Waals surface area contributed by atoms with Gasteiger partial charge >= 0.3 is 11.9 Å². The van der Waals surface area contributed by atoms with Gasteiger partial charge in [-0.3, -0.25) is 0 Å². The molecule has 0 rings (SSSR count). The Kier molecular flexibility index (Phi) is 5.94. The zero-order valence-corrected chi connectivity index (χ0v) is 6.68. The summed E-state index contributed by atoms with van der Waals surface area (Å²) in [7, 11) is 0. The molecule has 0 aromatic rings. The summed E-state index contributed by atoms with van der Waals surface area (Å²) in [6, 6.07) is 0. The molecule has 2 atom stereocenters. The molecule has 0 amide bonds. The third-order valence-electron chi connectivity index (χ3n) is 0.667. The molecule has 0 aromatic heterocycles. The first-order valence-electron chi connectivity index (χ1n) is 3.45. The van der Waals surface area contributed by atoms with Crippen molar-refractivity contribution in [3.63, 3.8) is 0 Å². The molecular formula is C6H12O6. The summed E-state index contributed by atoms with van der Waals surface area (Å²) < 4.78 is 6.34. The second-order valence-electron chi connectivity index (χ2n) is 1.90. The van der Waals surface area contributed by atoms with Gasteiger partial charge in [-0.2, -0.15) is 0 Å². The molecule has 0 saturated heterocycles. The highest BCUT2D eigenvalue weighted by Crippen LogP contribution is 1.73. The number of aliphatic hydroxyl groups excluding tert-OH is 1. The highest BCUT2D eigenvalue weighted by Gasteiger charge is 2.01. The van der Waals surface area contributed by atoms with E-state index in [1.54, 1.807) is 0 Å². The van der Waals surface area contributed by atoms with Crippen LogP contribution in [0.4, 0.5) is 0 Å². The average Bonchev–Trinajstić information content (AvgIpc) is 1.86. The highest BCUT2D eigenvalue weighted by atomic mass is 16.4. The lowest BCUT2D eigenvalue weighted by Crippen LogP contribution is -2.13. The minimum Gasteiger partial charge on any atom is -0.479 e. The topological polar surface area (TPSA) is 115 Å². The van der Waals surface area contributed by atoms with Crippen LogP contribution in [0, 0.1) is 0 Å². The largest absolute Gasteiger partial charge is 0.479 e. The van der Waals surface area contributed by atoms with Crippen molar-refractivity contribution in [3.05, 3.63) is 0 Å². The first-order chi connectivity index (χ1) is 5.59. The molecule has 0 aromatic carbocycles. The van der Waals surface area contributed by atoms with Crippen molar-refractivity contribution in [3.8, 4) is 0 Å². The van der Waals surface area contributed by atoms with Crippen LogP contribution in [0.2, 0.25) is 0 Å². The van der Waals surface area contributed by atoms with Gasteiger partial charge in [0, 0.05) is 0 Å². The van der Waals surface area contributed by atoms with Gasteiger partial charge in [0.25, 0.3) is 0 Å². The molecule has 0 aliphatic heterocycles. The summed E-state index contributed by atoms with van der Waals surface area (Å²) in [6.07, 6.45) is -3.56. The number of carboxylic acids is 2. The highest BCUT2D eigenvalue weighted by molar-refractivity contribution is 5.71. The fourth-order valence-corrected chi connectivity index (χ4v) is 0. The van der Waals surface area contributed by atoms with E-state index in [0.29, 0.717) is 0 Å². The number of hydrogen-bond donors (Lipinski definition) is 4. The van der Waals surface area contributed by atoms with Crippen molar-refractivity contribution in [1.29, 1.82) is 0 Å². The number of carbonyl (C=O) groups is 2. The third-order valence-corrected chi connectivity index (χ3v) is 0.667. The molecule has 0 saturated carbocycles. The lowest BCUT2D eigenvalue weighted by Gasteiger charge is -1.89. The fraction of sp³-hybridized carbons (Fsp3) is 0.667. The van der Waals surface area contributed by atoms with E-state index in [4.69, 9.17) is 21.8 Å². The smallest absolute Gasteiger partial charge is 0.332 e. The molecule has 0 spiro atoms. The van der Waals surface area contributed by atoms with Gasteiger partial charge in [-0.25, -0.2) is 9.59 Å². The van der Waals surface area contributed by atoms with Crippen molar-refractivity contribution in [2.24, 2.45) is 0 Å². The standard InChI is InChI=1S/2C3H6O3/c2*1-2(4)3(5)6/h2*2,4H,1H3,(H,5,6)/i2D;. The van der Waals surface area contributed by atoms with Crippen molar-refractivity contribution >= 4 is 11.9 Å². The van der Waals surface area contributed by atoms with E-state index >= 15 is 0 Å². The normalized spacial score (nSPS) is 17.5. The Labute approximate surface area is 70.5 Å². The Hall–Kier alpha value is -1.14. The quantitative estimate of drug-likeness (QED) is 0.430. The predicted molar refractivity (Wildman–Crippen MR) is 38.6 cm³/mol. The minimum absolute atomic E-state index is 0.884. The molecule has 0 fully saturated rings. The van der Waals surface area contributed by atoms with Gasteiger partial charge in [-0.1, -0.05) is 0 Å². The van der Waals surface area contributed by atoms with E-state index in [1.165, 1.54) is 6.92 Å². The van der Waals surface area contributed by atoms with E-state index in [2.05, 4.69) is 0 Å². The lowest BCUT2D eigenvalue weighted by atomic mass is 10.4. The number of carboxylic acid groups (broad SMARTS) is 2. The maximum atomic E-state index is 9.58. The average molecular weight is 181 g/mol. The van der Waals surface area contributed by atoms with E-state index in [-0.39, 0.29) is 0 Å². The van der Waals surface area contributed by atoms with Crippen LogP contribution < -0.4 is 0 Å². The Morgan fingerprint density at radius 3 is 1.33 bits per heavy atom. The molecule has 2 unspecified atom stereocenters. The Morgan fingerprint density at radius 2 is 1.33 bits per heavy atom. The molecule has 0 aliphatic rings. The lowest BCUT2D eigenvalue weighted by molar-refractivity contribution is -0.146. The summed E-state index contributed by atoms with van der Waals surface area (Å²) in [5, 5.41) is 31.7. The molecule has 12 heavy (non-hydrogen) atoms. The van der Waals surface area contributed by atoms with Gasteiger partial charge in [0.1, 0.15) is 12.2 Å². The second-order valence-corrected chi connectivity index (χ2v) is 1.90. The van der Waals surface area contributed by atoms with E-state index in [0.717, 1.165) is 6.92 Å². The molecule has 4 N–H and O–H groups in total. The zero-order valence-electron chi connectivity index (χ0n) is 7.68. The molecule has 0 heterocycles. The van der Waals surface area contributed by atoms with Gasteiger partial charge in [0.15, 0.2) is 0 Å². The van der Waals surface area contributed by atoms with Crippen LogP contribution in [0.1, 0.15) is 15.2 Å². The summed E-state index contributed by atoms with van der Waals surface area (Å²) in [5.74, 6) is -2.72. The molecule has 0 aliphatic carbocycles. The van der Waals surface area contributed by atoms with E-state index in [1.807, 2.05) is 0 Å². The third kappa shape index (κ3) is 11.6. The number of rotatable bonds is 2. The maximum Gasteiger partial charge on any atom is 0.332 e. The number of aliphatic carboxylic acids is 2. The number of aliphatic hydroxyl groups is 2.